The molecule has 2 aromatic rings. The minimum Gasteiger partial charge on any atom is -0.486 e. The van der Waals surface area contributed by atoms with Crippen LogP contribution in [0, 0.1) is 0 Å². The summed E-state index contributed by atoms with van der Waals surface area (Å²) in [5.74, 6) is 1.03. The van der Waals surface area contributed by atoms with Gasteiger partial charge in [-0.15, -0.1) is 11.8 Å². The zero-order valence-corrected chi connectivity index (χ0v) is 18.7. The summed E-state index contributed by atoms with van der Waals surface area (Å²) in [6.45, 7) is 2.23. The minimum absolute atomic E-state index is 0.0408. The van der Waals surface area contributed by atoms with Crippen LogP contribution in [-0.2, 0) is 14.8 Å². The Hall–Kier alpha value is -2.27. The first-order valence-electron chi connectivity index (χ1n) is 9.91. The molecule has 0 aromatic heterocycles. The summed E-state index contributed by atoms with van der Waals surface area (Å²) < 4.78 is 45.1. The Morgan fingerprint density at radius 2 is 1.90 bits per heavy atom. The van der Waals surface area contributed by atoms with Crippen LogP contribution in [0.3, 0.4) is 0 Å². The standard InChI is InChI=1S/C21H24N2O6S2/c1-30-20-7-6-16(12-17(20)21(24)23-8-10-27-11-9-23)31(25,26)22-13-15-14-28-18-4-2-3-5-19(18)29-15/h2-7,12,15,22H,8-11,13-14H2,1H3/t15-/m0/s1. The molecule has 2 aliphatic rings. The fraction of sp³-hybridized carbons (Fsp3) is 0.381. The zero-order chi connectivity index (χ0) is 21.8. The number of amides is 1. The summed E-state index contributed by atoms with van der Waals surface area (Å²) in [6, 6.07) is 11.9. The second-order valence-electron chi connectivity index (χ2n) is 7.12. The van der Waals surface area contributed by atoms with Crippen molar-refractivity contribution in [3.05, 3.63) is 48.0 Å². The summed E-state index contributed by atoms with van der Waals surface area (Å²) in [4.78, 5) is 15.4. The smallest absolute Gasteiger partial charge is 0.255 e. The maximum absolute atomic E-state index is 13.0. The number of morpholine rings is 1. The molecular weight excluding hydrogens is 440 g/mol. The molecule has 166 valence electrons. The lowest BCUT2D eigenvalue weighted by atomic mass is 10.2. The Labute approximate surface area is 185 Å². The average molecular weight is 465 g/mol. The quantitative estimate of drug-likeness (QED) is 0.654. The SMILES string of the molecule is CSc1ccc(S(=O)(=O)NC[C@H]2COc3ccccc3O2)cc1C(=O)N1CCOCC1. The first-order chi connectivity index (χ1) is 15.0. The predicted octanol–water partition coefficient (Wildman–Crippen LogP) is 2.00. The van der Waals surface area contributed by atoms with Crippen LogP contribution in [0.1, 0.15) is 10.4 Å². The molecule has 10 heteroatoms. The van der Waals surface area contributed by atoms with E-state index in [0.29, 0.717) is 43.4 Å². The van der Waals surface area contributed by atoms with E-state index in [2.05, 4.69) is 4.72 Å². The lowest BCUT2D eigenvalue weighted by molar-refractivity contribution is 0.0300. The third-order valence-corrected chi connectivity index (χ3v) is 7.30. The van der Waals surface area contributed by atoms with E-state index in [9.17, 15) is 13.2 Å². The summed E-state index contributed by atoms with van der Waals surface area (Å²) in [6.07, 6.45) is 1.40. The van der Waals surface area contributed by atoms with Crippen molar-refractivity contribution in [1.29, 1.82) is 0 Å². The van der Waals surface area contributed by atoms with Gasteiger partial charge in [0.2, 0.25) is 10.0 Å². The molecule has 2 aliphatic heterocycles. The number of hydrogen-bond donors (Lipinski definition) is 1. The summed E-state index contributed by atoms with van der Waals surface area (Å²) in [5.41, 5.74) is 0.378. The molecule has 1 fully saturated rings. The zero-order valence-electron chi connectivity index (χ0n) is 17.1. The maximum atomic E-state index is 13.0. The second kappa shape index (κ2) is 9.47. The van der Waals surface area contributed by atoms with E-state index in [0.717, 1.165) is 4.90 Å². The lowest BCUT2D eigenvalue weighted by Gasteiger charge is -2.28. The number of hydrogen-bond acceptors (Lipinski definition) is 7. The van der Waals surface area contributed by atoms with Gasteiger partial charge in [0.05, 0.1) is 30.2 Å². The van der Waals surface area contributed by atoms with Crippen LogP contribution in [0.5, 0.6) is 11.5 Å². The van der Waals surface area contributed by atoms with E-state index in [1.54, 1.807) is 23.1 Å². The summed E-state index contributed by atoms with van der Waals surface area (Å²) in [7, 11) is -3.84. The molecule has 8 nitrogen and oxygen atoms in total. The van der Waals surface area contributed by atoms with Crippen molar-refractivity contribution < 1.29 is 27.4 Å². The highest BCUT2D eigenvalue weighted by molar-refractivity contribution is 7.98. The number of nitrogens with zero attached hydrogens (tertiary/aromatic N) is 1. The average Bonchev–Trinajstić information content (AvgIpc) is 2.82. The van der Waals surface area contributed by atoms with Gasteiger partial charge in [-0.1, -0.05) is 12.1 Å². The van der Waals surface area contributed by atoms with E-state index in [1.165, 1.54) is 23.9 Å². The Kier molecular flexibility index (Phi) is 6.71. The third-order valence-electron chi connectivity index (χ3n) is 5.08. The van der Waals surface area contributed by atoms with Gasteiger partial charge in [0.15, 0.2) is 11.5 Å². The van der Waals surface area contributed by atoms with Gasteiger partial charge in [0.1, 0.15) is 12.7 Å². The number of carbonyl (C=O) groups excluding carboxylic acids is 1. The molecule has 0 radical (unpaired) electrons. The maximum Gasteiger partial charge on any atom is 0.255 e. The minimum atomic E-state index is -3.84. The Balaban J connectivity index is 1.48. The highest BCUT2D eigenvalue weighted by Crippen LogP contribution is 2.31. The molecule has 1 atom stereocenters. The van der Waals surface area contributed by atoms with Gasteiger partial charge in [-0.2, -0.15) is 0 Å². The van der Waals surface area contributed by atoms with Crippen molar-refractivity contribution in [2.75, 3.05) is 45.7 Å². The van der Waals surface area contributed by atoms with E-state index >= 15 is 0 Å². The lowest BCUT2D eigenvalue weighted by Crippen LogP contribution is -2.41. The second-order valence-corrected chi connectivity index (χ2v) is 9.73. The van der Waals surface area contributed by atoms with Gasteiger partial charge in [0.25, 0.3) is 5.91 Å². The van der Waals surface area contributed by atoms with E-state index in [-0.39, 0.29) is 24.0 Å². The number of rotatable bonds is 6. The fourth-order valence-electron chi connectivity index (χ4n) is 3.41. The van der Waals surface area contributed by atoms with Crippen LogP contribution < -0.4 is 14.2 Å². The normalized spacial score (nSPS) is 18.6. The predicted molar refractivity (Wildman–Crippen MR) is 116 cm³/mol. The molecule has 0 bridgehead atoms. The number of thioether (sulfide) groups is 1. The van der Waals surface area contributed by atoms with Crippen molar-refractivity contribution >= 4 is 27.7 Å². The van der Waals surface area contributed by atoms with Crippen LogP contribution in [-0.4, -0.2) is 71.0 Å². The van der Waals surface area contributed by atoms with Crippen LogP contribution in [0.15, 0.2) is 52.3 Å². The number of nitrogens with one attached hydrogen (secondary N) is 1. The van der Waals surface area contributed by atoms with Gasteiger partial charge in [-0.3, -0.25) is 4.79 Å². The highest BCUT2D eigenvalue weighted by atomic mass is 32.2. The number of fused-ring (bicyclic) bond motifs is 1. The fourth-order valence-corrected chi connectivity index (χ4v) is 5.07. The number of ether oxygens (including phenoxy) is 3. The van der Waals surface area contributed by atoms with Gasteiger partial charge in [0, 0.05) is 18.0 Å². The summed E-state index contributed by atoms with van der Waals surface area (Å²) >= 11 is 1.41. The Morgan fingerprint density at radius 1 is 1.16 bits per heavy atom. The third kappa shape index (κ3) is 4.98. The van der Waals surface area contributed by atoms with Crippen LogP contribution in [0.4, 0.5) is 0 Å². The molecule has 1 saturated heterocycles. The molecule has 1 N–H and O–H groups in total. The van der Waals surface area contributed by atoms with Crippen molar-refractivity contribution in [2.24, 2.45) is 0 Å². The molecule has 1 amide bonds. The van der Waals surface area contributed by atoms with Gasteiger partial charge >= 0.3 is 0 Å². The van der Waals surface area contributed by atoms with Gasteiger partial charge in [-0.25, -0.2) is 13.1 Å². The van der Waals surface area contributed by atoms with Crippen LogP contribution in [0.2, 0.25) is 0 Å². The summed E-state index contributed by atoms with van der Waals surface area (Å²) in [5, 5.41) is 0. The molecule has 0 aliphatic carbocycles. The Morgan fingerprint density at radius 3 is 2.65 bits per heavy atom. The largest absolute Gasteiger partial charge is 0.486 e. The topological polar surface area (TPSA) is 94.2 Å². The van der Waals surface area contributed by atoms with Gasteiger partial charge < -0.3 is 19.1 Å². The molecule has 0 saturated carbocycles. The van der Waals surface area contributed by atoms with E-state index in [4.69, 9.17) is 14.2 Å². The number of para-hydroxylation sites is 2. The van der Waals surface area contributed by atoms with Crippen molar-refractivity contribution in [3.63, 3.8) is 0 Å². The molecule has 0 unspecified atom stereocenters. The monoisotopic (exact) mass is 464 g/mol. The molecule has 0 spiro atoms. The van der Waals surface area contributed by atoms with E-state index < -0.39 is 16.1 Å². The van der Waals surface area contributed by atoms with Gasteiger partial charge in [-0.05, 0) is 36.6 Å². The van der Waals surface area contributed by atoms with E-state index in [1.807, 2.05) is 18.4 Å². The van der Waals surface area contributed by atoms with Crippen molar-refractivity contribution in [2.45, 2.75) is 15.9 Å². The number of carbonyl (C=O) groups is 1. The highest BCUT2D eigenvalue weighted by Gasteiger charge is 2.26. The molecule has 4 rings (SSSR count). The first kappa shape index (κ1) is 21.9. The number of benzene rings is 2. The molecule has 2 heterocycles. The van der Waals surface area contributed by atoms with Crippen molar-refractivity contribution in [1.82, 2.24) is 9.62 Å². The van der Waals surface area contributed by atoms with Crippen LogP contribution in [0.25, 0.3) is 0 Å². The molecular formula is C21H24N2O6S2. The molecule has 31 heavy (non-hydrogen) atoms. The number of sulfonamides is 1. The molecule has 2 aromatic carbocycles. The Bertz CT molecular complexity index is 1050. The first-order valence-corrected chi connectivity index (χ1v) is 12.6. The van der Waals surface area contributed by atoms with Crippen molar-refractivity contribution in [3.8, 4) is 11.5 Å². The van der Waals surface area contributed by atoms with Crippen LogP contribution >= 0.6 is 11.8 Å².